The molecule has 0 aromatic heterocycles. The summed E-state index contributed by atoms with van der Waals surface area (Å²) in [5.41, 5.74) is 7.27. The molecule has 0 amide bonds. The lowest BCUT2D eigenvalue weighted by molar-refractivity contribution is 0.173. The van der Waals surface area contributed by atoms with Crippen molar-refractivity contribution in [3.05, 3.63) is 23.8 Å². The summed E-state index contributed by atoms with van der Waals surface area (Å²) in [5, 5.41) is 0. The molecule has 1 heterocycles. The summed E-state index contributed by atoms with van der Waals surface area (Å²) in [6.07, 6.45) is 3.74. The Morgan fingerprint density at radius 1 is 1.31 bits per heavy atom. The summed E-state index contributed by atoms with van der Waals surface area (Å²) < 4.78 is 10.8. The van der Waals surface area contributed by atoms with Crippen LogP contribution in [0.25, 0.3) is 0 Å². The molecular weight excluding hydrogens is 226 g/mol. The number of nitrogens with two attached hydrogens (primary N) is 1. The van der Waals surface area contributed by atoms with Crippen LogP contribution >= 0.6 is 12.4 Å². The fourth-order valence-corrected chi connectivity index (χ4v) is 2.08. The molecule has 1 aliphatic carbocycles. The zero-order chi connectivity index (χ0) is 10.3. The molecule has 2 N–H and O–H groups in total. The lowest BCUT2D eigenvalue weighted by Crippen LogP contribution is -2.11. The number of hydrogen-bond donors (Lipinski definition) is 1. The van der Waals surface area contributed by atoms with Crippen molar-refractivity contribution in [2.75, 3.05) is 6.79 Å². The molecule has 16 heavy (non-hydrogen) atoms. The highest BCUT2D eigenvalue weighted by molar-refractivity contribution is 5.85. The van der Waals surface area contributed by atoms with Crippen LogP contribution in [0.1, 0.15) is 30.9 Å². The molecule has 0 radical (unpaired) electrons. The van der Waals surface area contributed by atoms with Gasteiger partial charge in [-0.1, -0.05) is 25.0 Å². The first-order chi connectivity index (χ1) is 7.34. The van der Waals surface area contributed by atoms with Gasteiger partial charge in [0.1, 0.15) is 0 Å². The van der Waals surface area contributed by atoms with E-state index in [1.807, 2.05) is 18.2 Å². The normalized spacial score (nSPS) is 19.1. The van der Waals surface area contributed by atoms with Crippen molar-refractivity contribution in [2.45, 2.75) is 25.3 Å². The minimum Gasteiger partial charge on any atom is -0.454 e. The average Bonchev–Trinajstić information content (AvgIpc) is 2.93. The van der Waals surface area contributed by atoms with Gasteiger partial charge in [-0.05, 0) is 18.4 Å². The van der Waals surface area contributed by atoms with Crippen molar-refractivity contribution in [1.29, 1.82) is 0 Å². The third-order valence-electron chi connectivity index (χ3n) is 3.11. The number of rotatable bonds is 3. The molecular formula is C12H16ClNO2. The van der Waals surface area contributed by atoms with E-state index in [2.05, 4.69) is 0 Å². The minimum atomic E-state index is 0. The van der Waals surface area contributed by atoms with E-state index in [0.29, 0.717) is 6.79 Å². The molecule has 0 spiro atoms. The van der Waals surface area contributed by atoms with Crippen LogP contribution in [0.15, 0.2) is 18.2 Å². The van der Waals surface area contributed by atoms with Crippen molar-refractivity contribution >= 4 is 12.4 Å². The topological polar surface area (TPSA) is 44.5 Å². The van der Waals surface area contributed by atoms with Gasteiger partial charge >= 0.3 is 0 Å². The second-order valence-corrected chi connectivity index (χ2v) is 4.37. The van der Waals surface area contributed by atoms with Crippen molar-refractivity contribution in [2.24, 2.45) is 11.7 Å². The first-order valence-corrected chi connectivity index (χ1v) is 5.48. The van der Waals surface area contributed by atoms with Gasteiger partial charge in [-0.15, -0.1) is 12.4 Å². The van der Waals surface area contributed by atoms with Crippen molar-refractivity contribution in [3.8, 4) is 11.5 Å². The maximum atomic E-state index is 6.17. The number of halogens is 1. The van der Waals surface area contributed by atoms with E-state index in [1.165, 1.54) is 12.8 Å². The highest BCUT2D eigenvalue weighted by Gasteiger charge is 2.27. The Kier molecular flexibility index (Phi) is 3.26. The predicted molar refractivity (Wildman–Crippen MR) is 64.1 cm³/mol. The molecule has 1 aromatic rings. The molecule has 1 fully saturated rings. The lowest BCUT2D eigenvalue weighted by Gasteiger charge is -2.13. The van der Waals surface area contributed by atoms with Gasteiger partial charge in [-0.3, -0.25) is 0 Å². The maximum absolute atomic E-state index is 6.17. The van der Waals surface area contributed by atoms with Crippen LogP contribution in [0.3, 0.4) is 0 Å². The zero-order valence-electron chi connectivity index (χ0n) is 9.02. The molecule has 0 unspecified atom stereocenters. The van der Waals surface area contributed by atoms with E-state index in [-0.39, 0.29) is 18.4 Å². The molecule has 4 heteroatoms. The van der Waals surface area contributed by atoms with Crippen LogP contribution in [0, 0.1) is 5.92 Å². The third-order valence-corrected chi connectivity index (χ3v) is 3.11. The number of fused-ring (bicyclic) bond motifs is 1. The second-order valence-electron chi connectivity index (χ2n) is 4.37. The van der Waals surface area contributed by atoms with Gasteiger partial charge in [-0.2, -0.15) is 0 Å². The molecule has 1 aromatic carbocycles. The quantitative estimate of drug-likeness (QED) is 0.885. The number of ether oxygens (including phenoxy) is 2. The highest BCUT2D eigenvalue weighted by atomic mass is 35.5. The molecule has 3 nitrogen and oxygen atoms in total. The van der Waals surface area contributed by atoms with E-state index in [1.54, 1.807) is 0 Å². The Balaban J connectivity index is 0.000000963. The van der Waals surface area contributed by atoms with Crippen molar-refractivity contribution < 1.29 is 9.47 Å². The fourth-order valence-electron chi connectivity index (χ4n) is 2.08. The standard InChI is InChI=1S/C12H15NO2.ClH/c13-10(6-8-4-5-8)9-2-1-3-11-12(9)15-7-14-11;/h1-3,8,10H,4-7,13H2;1H/t10-;/m0./s1. The van der Waals surface area contributed by atoms with Crippen LogP contribution < -0.4 is 15.2 Å². The van der Waals surface area contributed by atoms with Crippen LogP contribution in [-0.2, 0) is 0 Å². The van der Waals surface area contributed by atoms with E-state index in [0.717, 1.165) is 29.4 Å². The monoisotopic (exact) mass is 241 g/mol. The van der Waals surface area contributed by atoms with E-state index in [4.69, 9.17) is 15.2 Å². The van der Waals surface area contributed by atoms with Gasteiger partial charge in [0, 0.05) is 11.6 Å². The molecule has 1 saturated carbocycles. The number of para-hydroxylation sites is 1. The second kappa shape index (κ2) is 4.52. The zero-order valence-corrected chi connectivity index (χ0v) is 9.83. The summed E-state index contributed by atoms with van der Waals surface area (Å²) in [6.45, 7) is 0.322. The van der Waals surface area contributed by atoms with E-state index in [9.17, 15) is 0 Å². The summed E-state index contributed by atoms with van der Waals surface area (Å²) in [7, 11) is 0. The molecule has 88 valence electrons. The van der Waals surface area contributed by atoms with Crippen LogP contribution in [0.4, 0.5) is 0 Å². The Labute approximate surface area is 101 Å². The summed E-state index contributed by atoms with van der Waals surface area (Å²) >= 11 is 0. The number of benzene rings is 1. The SMILES string of the molecule is Cl.N[C@@H](CC1CC1)c1cccc2c1OCO2. The van der Waals surface area contributed by atoms with Crippen LogP contribution in [-0.4, -0.2) is 6.79 Å². The van der Waals surface area contributed by atoms with Crippen molar-refractivity contribution in [1.82, 2.24) is 0 Å². The van der Waals surface area contributed by atoms with E-state index < -0.39 is 0 Å². The highest BCUT2D eigenvalue weighted by Crippen LogP contribution is 2.42. The summed E-state index contributed by atoms with van der Waals surface area (Å²) in [4.78, 5) is 0. The molecule has 1 atom stereocenters. The first kappa shape index (κ1) is 11.6. The number of hydrogen-bond acceptors (Lipinski definition) is 3. The fraction of sp³-hybridized carbons (Fsp3) is 0.500. The predicted octanol–water partition coefficient (Wildman–Crippen LogP) is 2.64. The van der Waals surface area contributed by atoms with Gasteiger partial charge in [-0.25, -0.2) is 0 Å². The van der Waals surface area contributed by atoms with Gasteiger partial charge in [0.05, 0.1) is 0 Å². The van der Waals surface area contributed by atoms with Gasteiger partial charge in [0.25, 0.3) is 0 Å². The van der Waals surface area contributed by atoms with Crippen LogP contribution in [0.2, 0.25) is 0 Å². The van der Waals surface area contributed by atoms with E-state index >= 15 is 0 Å². The Bertz CT molecular complexity index is 379. The summed E-state index contributed by atoms with van der Waals surface area (Å²) in [5.74, 6) is 2.52. The first-order valence-electron chi connectivity index (χ1n) is 5.48. The van der Waals surface area contributed by atoms with Gasteiger partial charge < -0.3 is 15.2 Å². The molecule has 0 bridgehead atoms. The van der Waals surface area contributed by atoms with Gasteiger partial charge in [0.15, 0.2) is 11.5 Å². The van der Waals surface area contributed by atoms with Crippen LogP contribution in [0.5, 0.6) is 11.5 Å². The third kappa shape index (κ3) is 2.11. The minimum absolute atomic E-state index is 0. The Morgan fingerprint density at radius 2 is 2.12 bits per heavy atom. The smallest absolute Gasteiger partial charge is 0.231 e. The average molecular weight is 242 g/mol. The molecule has 3 rings (SSSR count). The van der Waals surface area contributed by atoms with Crippen molar-refractivity contribution in [3.63, 3.8) is 0 Å². The largest absolute Gasteiger partial charge is 0.454 e. The maximum Gasteiger partial charge on any atom is 0.231 e. The lowest BCUT2D eigenvalue weighted by atomic mass is 10.0. The molecule has 1 aliphatic heterocycles. The Hall–Kier alpha value is -0.930. The van der Waals surface area contributed by atoms with Gasteiger partial charge in [0.2, 0.25) is 6.79 Å². The molecule has 0 saturated heterocycles. The summed E-state index contributed by atoms with van der Waals surface area (Å²) in [6, 6.07) is 6.04. The molecule has 2 aliphatic rings. The Morgan fingerprint density at radius 3 is 2.88 bits per heavy atom.